The fourth-order valence-electron chi connectivity index (χ4n) is 1.76. The van der Waals surface area contributed by atoms with E-state index in [-0.39, 0.29) is 11.6 Å². The summed E-state index contributed by atoms with van der Waals surface area (Å²) in [5, 5.41) is 7.32. The molecule has 5 nitrogen and oxygen atoms in total. The molecule has 0 aromatic carbocycles. The Morgan fingerprint density at radius 3 is 3.00 bits per heavy atom. The molecule has 1 atom stereocenters. The molecule has 1 N–H and O–H groups in total. The number of anilines is 1. The minimum Gasteiger partial charge on any atom is -0.375 e. The number of rotatable bonds is 5. The van der Waals surface area contributed by atoms with Crippen LogP contribution in [0.3, 0.4) is 0 Å². The van der Waals surface area contributed by atoms with E-state index in [0.29, 0.717) is 16.7 Å². The molecule has 104 valence electrons. The molecule has 2 aromatic rings. The Balaban J connectivity index is 2.24. The first-order valence-corrected chi connectivity index (χ1v) is 6.96. The van der Waals surface area contributed by atoms with Gasteiger partial charge in [0.05, 0.1) is 30.2 Å². The summed E-state index contributed by atoms with van der Waals surface area (Å²) in [7, 11) is 0. The van der Waals surface area contributed by atoms with Gasteiger partial charge in [0.2, 0.25) is 0 Å². The van der Waals surface area contributed by atoms with Crippen LogP contribution in [0.1, 0.15) is 18.7 Å². The smallest absolute Gasteiger partial charge is 0.283 e. The maximum atomic E-state index is 12.0. The number of nitrogens with zero attached hydrogens (tertiary/aromatic N) is 3. The standard InChI is InChI=1S/C14H15BrN4O/c1-3-8-19-14(20)13(15)12(9-17-19)18-10(2)11-6-4-5-7-16-11/h3-7,9-10,18H,1,8H2,2H3. The van der Waals surface area contributed by atoms with Gasteiger partial charge < -0.3 is 5.32 Å². The molecule has 0 spiro atoms. The van der Waals surface area contributed by atoms with Gasteiger partial charge in [-0.25, -0.2) is 4.68 Å². The highest BCUT2D eigenvalue weighted by Crippen LogP contribution is 2.21. The Labute approximate surface area is 125 Å². The second kappa shape index (κ2) is 6.47. The summed E-state index contributed by atoms with van der Waals surface area (Å²) in [6.07, 6.45) is 4.99. The summed E-state index contributed by atoms with van der Waals surface area (Å²) in [5.41, 5.74) is 1.35. The number of hydrogen-bond donors (Lipinski definition) is 1. The van der Waals surface area contributed by atoms with Crippen molar-refractivity contribution < 1.29 is 0 Å². The zero-order valence-corrected chi connectivity index (χ0v) is 12.7. The largest absolute Gasteiger partial charge is 0.375 e. The zero-order chi connectivity index (χ0) is 14.5. The molecule has 0 aliphatic heterocycles. The van der Waals surface area contributed by atoms with Crippen LogP contribution in [0.4, 0.5) is 5.69 Å². The Bertz CT molecular complexity index is 654. The van der Waals surface area contributed by atoms with Crippen LogP contribution in [-0.4, -0.2) is 14.8 Å². The van der Waals surface area contributed by atoms with Crippen molar-refractivity contribution >= 4 is 21.6 Å². The zero-order valence-electron chi connectivity index (χ0n) is 11.1. The average Bonchev–Trinajstić information content (AvgIpc) is 2.48. The van der Waals surface area contributed by atoms with Crippen molar-refractivity contribution in [2.24, 2.45) is 0 Å². The lowest BCUT2D eigenvalue weighted by Gasteiger charge is -2.15. The highest BCUT2D eigenvalue weighted by Gasteiger charge is 2.12. The topological polar surface area (TPSA) is 59.8 Å². The van der Waals surface area contributed by atoms with Gasteiger partial charge in [-0.05, 0) is 35.0 Å². The summed E-state index contributed by atoms with van der Waals surface area (Å²) in [6.45, 7) is 5.96. The summed E-state index contributed by atoms with van der Waals surface area (Å²) in [6, 6.07) is 5.70. The predicted molar refractivity (Wildman–Crippen MR) is 82.7 cm³/mol. The van der Waals surface area contributed by atoms with Crippen LogP contribution >= 0.6 is 15.9 Å². The monoisotopic (exact) mass is 334 g/mol. The SMILES string of the molecule is C=CCn1ncc(NC(C)c2ccccn2)c(Br)c1=O. The van der Waals surface area contributed by atoms with E-state index in [4.69, 9.17) is 0 Å². The lowest BCUT2D eigenvalue weighted by Crippen LogP contribution is -2.24. The third-order valence-electron chi connectivity index (χ3n) is 2.79. The van der Waals surface area contributed by atoms with Crippen LogP contribution in [0.5, 0.6) is 0 Å². The first-order chi connectivity index (χ1) is 9.63. The van der Waals surface area contributed by atoms with Crippen molar-refractivity contribution in [1.82, 2.24) is 14.8 Å². The number of allylic oxidation sites excluding steroid dienone is 1. The van der Waals surface area contributed by atoms with E-state index in [1.165, 1.54) is 4.68 Å². The van der Waals surface area contributed by atoms with Crippen molar-refractivity contribution in [3.63, 3.8) is 0 Å². The Hall–Kier alpha value is -1.95. The third kappa shape index (κ3) is 3.14. The molecule has 2 rings (SSSR count). The maximum absolute atomic E-state index is 12.0. The van der Waals surface area contributed by atoms with Crippen LogP contribution in [0, 0.1) is 0 Å². The molecule has 0 radical (unpaired) electrons. The normalized spacial score (nSPS) is 11.9. The third-order valence-corrected chi connectivity index (χ3v) is 3.56. The first kappa shape index (κ1) is 14.5. The molecule has 2 aromatic heterocycles. The van der Waals surface area contributed by atoms with E-state index >= 15 is 0 Å². The quantitative estimate of drug-likeness (QED) is 0.854. The van der Waals surface area contributed by atoms with Crippen LogP contribution < -0.4 is 10.9 Å². The van der Waals surface area contributed by atoms with Gasteiger partial charge in [0.1, 0.15) is 4.47 Å². The number of aromatic nitrogens is 3. The Morgan fingerprint density at radius 1 is 1.55 bits per heavy atom. The van der Waals surface area contributed by atoms with Crippen molar-refractivity contribution in [3.8, 4) is 0 Å². The average molecular weight is 335 g/mol. The van der Waals surface area contributed by atoms with Gasteiger partial charge in [0.25, 0.3) is 5.56 Å². The van der Waals surface area contributed by atoms with E-state index in [9.17, 15) is 4.79 Å². The fraction of sp³-hybridized carbons (Fsp3) is 0.214. The van der Waals surface area contributed by atoms with Gasteiger partial charge in [-0.1, -0.05) is 12.1 Å². The molecule has 2 heterocycles. The highest BCUT2D eigenvalue weighted by molar-refractivity contribution is 9.10. The summed E-state index contributed by atoms with van der Waals surface area (Å²) in [4.78, 5) is 16.3. The van der Waals surface area contributed by atoms with Crippen LogP contribution in [0.25, 0.3) is 0 Å². The van der Waals surface area contributed by atoms with Gasteiger partial charge in [-0.15, -0.1) is 6.58 Å². The lowest BCUT2D eigenvalue weighted by molar-refractivity contribution is 0.647. The van der Waals surface area contributed by atoms with Crippen LogP contribution in [0.15, 0.2) is 52.5 Å². The first-order valence-electron chi connectivity index (χ1n) is 6.17. The van der Waals surface area contributed by atoms with E-state index in [2.05, 4.69) is 37.9 Å². The van der Waals surface area contributed by atoms with Gasteiger partial charge in [0.15, 0.2) is 0 Å². The minimum atomic E-state index is -0.192. The van der Waals surface area contributed by atoms with Crippen molar-refractivity contribution in [3.05, 3.63) is 63.8 Å². The Morgan fingerprint density at radius 2 is 2.35 bits per heavy atom. The summed E-state index contributed by atoms with van der Waals surface area (Å²) in [5.74, 6) is 0. The predicted octanol–water partition coefficient (Wildman–Crippen LogP) is 2.76. The number of pyridine rings is 1. The maximum Gasteiger partial charge on any atom is 0.283 e. The molecular formula is C14H15BrN4O. The number of nitrogens with one attached hydrogen (secondary N) is 1. The molecule has 1 unspecified atom stereocenters. The molecule has 0 saturated carbocycles. The van der Waals surface area contributed by atoms with Gasteiger partial charge in [-0.2, -0.15) is 5.10 Å². The molecule has 0 aliphatic rings. The molecule has 0 bridgehead atoms. The molecule has 0 amide bonds. The van der Waals surface area contributed by atoms with E-state index in [0.717, 1.165) is 5.69 Å². The molecule has 20 heavy (non-hydrogen) atoms. The summed E-state index contributed by atoms with van der Waals surface area (Å²) >= 11 is 3.31. The van der Waals surface area contributed by atoms with E-state index in [1.807, 2.05) is 25.1 Å². The second-order valence-electron chi connectivity index (χ2n) is 4.27. The number of hydrogen-bond acceptors (Lipinski definition) is 4. The van der Waals surface area contributed by atoms with Crippen LogP contribution in [0.2, 0.25) is 0 Å². The second-order valence-corrected chi connectivity index (χ2v) is 5.06. The molecular weight excluding hydrogens is 320 g/mol. The van der Waals surface area contributed by atoms with Crippen molar-refractivity contribution in [1.29, 1.82) is 0 Å². The van der Waals surface area contributed by atoms with E-state index < -0.39 is 0 Å². The minimum absolute atomic E-state index is 0.0241. The van der Waals surface area contributed by atoms with Gasteiger partial charge in [-0.3, -0.25) is 9.78 Å². The Kier molecular flexibility index (Phi) is 4.68. The molecule has 0 saturated heterocycles. The van der Waals surface area contributed by atoms with E-state index in [1.54, 1.807) is 18.5 Å². The van der Waals surface area contributed by atoms with Gasteiger partial charge in [0, 0.05) is 6.20 Å². The number of halogens is 1. The molecule has 0 fully saturated rings. The van der Waals surface area contributed by atoms with Crippen LogP contribution in [-0.2, 0) is 6.54 Å². The molecule has 6 heteroatoms. The van der Waals surface area contributed by atoms with Crippen molar-refractivity contribution in [2.45, 2.75) is 19.5 Å². The lowest BCUT2D eigenvalue weighted by atomic mass is 10.2. The fourth-order valence-corrected chi connectivity index (χ4v) is 2.18. The summed E-state index contributed by atoms with van der Waals surface area (Å²) < 4.78 is 1.80. The molecule has 0 aliphatic carbocycles. The highest BCUT2D eigenvalue weighted by atomic mass is 79.9. The van der Waals surface area contributed by atoms with Gasteiger partial charge >= 0.3 is 0 Å². The van der Waals surface area contributed by atoms with Crippen molar-refractivity contribution in [2.75, 3.05) is 5.32 Å².